The third-order valence-electron chi connectivity index (χ3n) is 3.14. The summed E-state index contributed by atoms with van der Waals surface area (Å²) in [5.41, 5.74) is 1.25. The van der Waals surface area contributed by atoms with Gasteiger partial charge in [-0.25, -0.2) is 9.97 Å². The van der Waals surface area contributed by atoms with E-state index in [0.717, 1.165) is 0 Å². The third-order valence-corrected chi connectivity index (χ3v) is 3.35. The molecular formula is C13H11ClN4O. The number of fused-ring (bicyclic) bond motifs is 2. The Morgan fingerprint density at radius 1 is 1.11 bits per heavy atom. The van der Waals surface area contributed by atoms with Gasteiger partial charge in [0.15, 0.2) is 5.82 Å². The molecule has 6 heteroatoms. The zero-order valence-electron chi connectivity index (χ0n) is 10.5. The summed E-state index contributed by atoms with van der Waals surface area (Å²) >= 11 is 5.94. The molecule has 0 spiro atoms. The monoisotopic (exact) mass is 274 g/mol. The third kappa shape index (κ3) is 1.74. The first kappa shape index (κ1) is 11.9. The van der Waals surface area contributed by atoms with Gasteiger partial charge in [0, 0.05) is 20.3 Å². The van der Waals surface area contributed by atoms with Crippen LogP contribution in [-0.2, 0) is 0 Å². The van der Waals surface area contributed by atoms with E-state index in [4.69, 9.17) is 11.6 Å². The van der Waals surface area contributed by atoms with Crippen LogP contribution in [0.15, 0.2) is 30.5 Å². The minimum absolute atomic E-state index is 0.113. The second kappa shape index (κ2) is 4.20. The van der Waals surface area contributed by atoms with Crippen LogP contribution in [0.4, 0.5) is 17.3 Å². The summed E-state index contributed by atoms with van der Waals surface area (Å²) in [5, 5.41) is 0.380. The zero-order valence-corrected chi connectivity index (χ0v) is 11.2. The lowest BCUT2D eigenvalue weighted by atomic mass is 10.2. The highest BCUT2D eigenvalue weighted by atomic mass is 35.5. The normalized spacial score (nSPS) is 13.9. The highest BCUT2D eigenvalue weighted by molar-refractivity contribution is 6.29. The highest BCUT2D eigenvalue weighted by Crippen LogP contribution is 2.37. The number of anilines is 3. The van der Waals surface area contributed by atoms with Gasteiger partial charge in [0.2, 0.25) is 0 Å². The van der Waals surface area contributed by atoms with E-state index in [-0.39, 0.29) is 5.91 Å². The molecule has 1 amide bonds. The van der Waals surface area contributed by atoms with Crippen LogP contribution in [0.25, 0.3) is 0 Å². The van der Waals surface area contributed by atoms with Gasteiger partial charge in [-0.3, -0.25) is 4.79 Å². The molecule has 2 aromatic rings. The molecule has 0 bridgehead atoms. The average Bonchev–Trinajstić information content (AvgIpc) is 2.51. The molecule has 3 rings (SSSR count). The van der Waals surface area contributed by atoms with E-state index < -0.39 is 0 Å². The average molecular weight is 275 g/mol. The number of rotatable bonds is 0. The fraction of sp³-hybridized carbons (Fsp3) is 0.154. The number of amides is 1. The zero-order chi connectivity index (χ0) is 13.6. The van der Waals surface area contributed by atoms with E-state index in [1.54, 1.807) is 47.3 Å². The van der Waals surface area contributed by atoms with Gasteiger partial charge in [0.05, 0.1) is 11.3 Å². The molecule has 19 heavy (non-hydrogen) atoms. The van der Waals surface area contributed by atoms with Crippen LogP contribution < -0.4 is 9.80 Å². The van der Waals surface area contributed by atoms with Crippen molar-refractivity contribution in [3.63, 3.8) is 0 Å². The molecule has 3 heterocycles. The minimum atomic E-state index is -0.113. The van der Waals surface area contributed by atoms with Crippen LogP contribution in [0.1, 0.15) is 10.4 Å². The molecule has 0 unspecified atom stereocenters. The summed E-state index contributed by atoms with van der Waals surface area (Å²) in [6.45, 7) is 0. The van der Waals surface area contributed by atoms with Crippen molar-refractivity contribution in [1.82, 2.24) is 9.97 Å². The van der Waals surface area contributed by atoms with Crippen LogP contribution in [-0.4, -0.2) is 30.0 Å². The summed E-state index contributed by atoms with van der Waals surface area (Å²) in [7, 11) is 3.53. The van der Waals surface area contributed by atoms with Gasteiger partial charge >= 0.3 is 0 Å². The molecule has 0 aromatic carbocycles. The van der Waals surface area contributed by atoms with E-state index in [1.807, 2.05) is 7.05 Å². The van der Waals surface area contributed by atoms with Crippen molar-refractivity contribution >= 4 is 34.8 Å². The molecule has 0 fully saturated rings. The van der Waals surface area contributed by atoms with Crippen LogP contribution in [0, 0.1) is 0 Å². The molecule has 1 aliphatic rings. The Hall–Kier alpha value is -2.14. The number of hydrogen-bond donors (Lipinski definition) is 0. The fourth-order valence-corrected chi connectivity index (χ4v) is 2.29. The van der Waals surface area contributed by atoms with Crippen molar-refractivity contribution in [2.45, 2.75) is 0 Å². The second-order valence-electron chi connectivity index (χ2n) is 4.27. The van der Waals surface area contributed by atoms with Crippen molar-refractivity contribution in [2.24, 2.45) is 0 Å². The quantitative estimate of drug-likeness (QED) is 0.693. The Morgan fingerprint density at radius 3 is 2.68 bits per heavy atom. The Kier molecular flexibility index (Phi) is 2.64. The van der Waals surface area contributed by atoms with Crippen molar-refractivity contribution in [1.29, 1.82) is 0 Å². The molecule has 0 atom stereocenters. The van der Waals surface area contributed by atoms with Gasteiger partial charge in [-0.05, 0) is 24.3 Å². The van der Waals surface area contributed by atoms with Crippen molar-refractivity contribution in [3.05, 3.63) is 41.2 Å². The summed E-state index contributed by atoms with van der Waals surface area (Å²) in [6.07, 6.45) is 1.65. The predicted molar refractivity (Wildman–Crippen MR) is 74.3 cm³/mol. The number of carbonyl (C=O) groups is 1. The largest absolute Gasteiger partial charge is 0.312 e. The van der Waals surface area contributed by atoms with Gasteiger partial charge < -0.3 is 9.80 Å². The van der Waals surface area contributed by atoms with E-state index in [1.165, 1.54) is 0 Å². The molecular weight excluding hydrogens is 264 g/mol. The molecule has 0 N–H and O–H groups in total. The van der Waals surface area contributed by atoms with E-state index >= 15 is 0 Å². The lowest BCUT2D eigenvalue weighted by Gasteiger charge is -2.19. The van der Waals surface area contributed by atoms with Crippen LogP contribution >= 0.6 is 11.6 Å². The van der Waals surface area contributed by atoms with Gasteiger partial charge in [-0.1, -0.05) is 11.6 Å². The molecule has 0 saturated heterocycles. The lowest BCUT2D eigenvalue weighted by molar-refractivity contribution is 0.0994. The molecule has 0 saturated carbocycles. The SMILES string of the molecule is CN1C(=O)c2cccnc2N(C)c2nc(Cl)ccc21. The number of hydrogen-bond acceptors (Lipinski definition) is 4. The topological polar surface area (TPSA) is 49.3 Å². The van der Waals surface area contributed by atoms with Crippen molar-refractivity contribution in [2.75, 3.05) is 23.9 Å². The summed E-state index contributed by atoms with van der Waals surface area (Å²) in [6, 6.07) is 6.95. The predicted octanol–water partition coefficient (Wildman–Crippen LogP) is 2.49. The Balaban J connectivity index is 2.31. The number of nitrogens with zero attached hydrogens (tertiary/aromatic N) is 4. The molecule has 0 aliphatic carbocycles. The van der Waals surface area contributed by atoms with Crippen molar-refractivity contribution in [3.8, 4) is 0 Å². The van der Waals surface area contributed by atoms with Gasteiger partial charge in [0.25, 0.3) is 5.91 Å². The number of pyridine rings is 2. The highest BCUT2D eigenvalue weighted by Gasteiger charge is 2.28. The number of carbonyl (C=O) groups excluding carboxylic acids is 1. The molecule has 0 radical (unpaired) electrons. The first-order valence-electron chi connectivity index (χ1n) is 5.73. The molecule has 2 aromatic heterocycles. The first-order chi connectivity index (χ1) is 9.09. The second-order valence-corrected chi connectivity index (χ2v) is 4.66. The maximum Gasteiger partial charge on any atom is 0.261 e. The van der Waals surface area contributed by atoms with Crippen molar-refractivity contribution < 1.29 is 4.79 Å². The maximum absolute atomic E-state index is 12.4. The molecule has 5 nitrogen and oxygen atoms in total. The Morgan fingerprint density at radius 2 is 1.89 bits per heavy atom. The number of halogens is 1. The lowest BCUT2D eigenvalue weighted by Crippen LogP contribution is -2.25. The smallest absolute Gasteiger partial charge is 0.261 e. The molecule has 96 valence electrons. The Bertz CT molecular complexity index is 673. The fourth-order valence-electron chi connectivity index (χ4n) is 2.15. The van der Waals surface area contributed by atoms with Crippen LogP contribution in [0.2, 0.25) is 5.15 Å². The van der Waals surface area contributed by atoms with E-state index in [0.29, 0.717) is 28.0 Å². The first-order valence-corrected chi connectivity index (χ1v) is 6.10. The summed E-state index contributed by atoms with van der Waals surface area (Å²) < 4.78 is 0. The standard InChI is InChI=1S/C13H11ClN4O/c1-17-9-5-6-10(14)16-12(9)18(2)11-8(13(17)19)4-3-7-15-11/h3-7H,1-2H3. The Labute approximate surface area is 115 Å². The van der Waals surface area contributed by atoms with Crippen LogP contribution in [0.5, 0.6) is 0 Å². The molecule has 1 aliphatic heterocycles. The maximum atomic E-state index is 12.4. The van der Waals surface area contributed by atoms with Gasteiger partial charge in [-0.15, -0.1) is 0 Å². The van der Waals surface area contributed by atoms with E-state index in [2.05, 4.69) is 9.97 Å². The minimum Gasteiger partial charge on any atom is -0.312 e. The summed E-state index contributed by atoms with van der Waals surface area (Å²) in [4.78, 5) is 24.3. The summed E-state index contributed by atoms with van der Waals surface area (Å²) in [5.74, 6) is 1.08. The van der Waals surface area contributed by atoms with Crippen LogP contribution in [0.3, 0.4) is 0 Å². The van der Waals surface area contributed by atoms with Gasteiger partial charge in [0.1, 0.15) is 11.0 Å². The number of aromatic nitrogens is 2. The van der Waals surface area contributed by atoms with E-state index in [9.17, 15) is 4.79 Å². The van der Waals surface area contributed by atoms with Gasteiger partial charge in [-0.2, -0.15) is 0 Å².